The first-order valence-corrected chi connectivity index (χ1v) is 11.1. The lowest BCUT2D eigenvalue weighted by atomic mass is 9.35. The van der Waals surface area contributed by atoms with Crippen LogP contribution in [0.25, 0.3) is 0 Å². The van der Waals surface area contributed by atoms with Crippen molar-refractivity contribution in [3.05, 3.63) is 101 Å². The summed E-state index contributed by atoms with van der Waals surface area (Å²) in [7, 11) is 0. The van der Waals surface area contributed by atoms with E-state index < -0.39 is 81.3 Å². The van der Waals surface area contributed by atoms with Gasteiger partial charge in [-0.15, -0.1) is 0 Å². The molecule has 1 N–H and O–H groups in total. The van der Waals surface area contributed by atoms with Gasteiger partial charge in [0.15, 0.2) is 58.2 Å². The van der Waals surface area contributed by atoms with Crippen LogP contribution in [0.5, 0.6) is 0 Å². The van der Waals surface area contributed by atoms with Gasteiger partial charge in [-0.05, 0) is 23.7 Å². The molecule has 0 amide bonds. The zero-order valence-corrected chi connectivity index (χ0v) is 18.6. The zero-order valence-electron chi connectivity index (χ0n) is 17.8. The van der Waals surface area contributed by atoms with Crippen molar-refractivity contribution >= 4 is 46.2 Å². The average molecular weight is 543 g/mol. The summed E-state index contributed by atoms with van der Waals surface area (Å²) in [4.78, 5) is 0.935. The number of hydrogen-bond donors (Lipinski definition) is 1. The third-order valence-electron chi connectivity index (χ3n) is 5.80. The van der Waals surface area contributed by atoms with E-state index in [-0.39, 0.29) is 10.6 Å². The quantitative estimate of drug-likeness (QED) is 0.134. The molecule has 1 aliphatic heterocycles. The van der Waals surface area contributed by atoms with Gasteiger partial charge in [-0.2, -0.15) is 0 Å². The van der Waals surface area contributed by atoms with Crippen LogP contribution in [0.4, 0.5) is 55.3 Å². The number of halogens is 10. The Morgan fingerprint density at radius 3 is 1.43 bits per heavy atom. The minimum Gasteiger partial charge on any atom is -0.354 e. The molecule has 4 aromatic rings. The first kappa shape index (κ1) is 25.1. The van der Waals surface area contributed by atoms with Gasteiger partial charge in [0.2, 0.25) is 0 Å². The lowest BCUT2D eigenvalue weighted by Crippen LogP contribution is -2.58. The standard InChI is InChI=1S/C24H8BF10NS/c26-14-12(15(27)19(31)22(34)18(14)30)25(13-16(28)20(32)23(35)21(33)17(13)29)8-4-3-7-11-24(8)36-9-5-1-2-6-10(9)37-11/h1-7,36H. The molecular formula is C24H8BF10NS. The Kier molecular flexibility index (Phi) is 6.13. The fourth-order valence-electron chi connectivity index (χ4n) is 4.13. The molecule has 0 atom stereocenters. The fourth-order valence-corrected chi connectivity index (χ4v) is 5.16. The molecule has 0 bridgehead atoms. The molecule has 0 radical (unpaired) electrons. The minimum atomic E-state index is -2.65. The van der Waals surface area contributed by atoms with Crippen LogP contribution < -0.4 is 21.7 Å². The van der Waals surface area contributed by atoms with Gasteiger partial charge < -0.3 is 5.32 Å². The summed E-state index contributed by atoms with van der Waals surface area (Å²) in [6.07, 6.45) is 0. The highest BCUT2D eigenvalue weighted by Gasteiger charge is 2.42. The molecule has 4 aromatic carbocycles. The third kappa shape index (κ3) is 3.75. The Labute approximate surface area is 206 Å². The summed E-state index contributed by atoms with van der Waals surface area (Å²) in [6, 6.07) is 10.3. The van der Waals surface area contributed by atoms with Gasteiger partial charge in [-0.3, -0.25) is 0 Å². The van der Waals surface area contributed by atoms with E-state index in [0.717, 1.165) is 17.8 Å². The summed E-state index contributed by atoms with van der Waals surface area (Å²) >= 11 is 1.08. The molecule has 0 spiro atoms. The molecule has 37 heavy (non-hydrogen) atoms. The van der Waals surface area contributed by atoms with Crippen LogP contribution in [0.2, 0.25) is 0 Å². The molecule has 0 aliphatic carbocycles. The van der Waals surface area contributed by atoms with E-state index in [2.05, 4.69) is 5.32 Å². The van der Waals surface area contributed by atoms with Gasteiger partial charge in [0, 0.05) is 26.4 Å². The van der Waals surface area contributed by atoms with Crippen LogP contribution in [-0.4, -0.2) is 6.71 Å². The highest BCUT2D eigenvalue weighted by molar-refractivity contribution is 7.99. The van der Waals surface area contributed by atoms with Gasteiger partial charge in [0.25, 0.3) is 6.71 Å². The van der Waals surface area contributed by atoms with Gasteiger partial charge >= 0.3 is 0 Å². The van der Waals surface area contributed by atoms with E-state index in [9.17, 15) is 43.9 Å². The van der Waals surface area contributed by atoms with Crippen LogP contribution in [-0.2, 0) is 0 Å². The van der Waals surface area contributed by atoms with Crippen molar-refractivity contribution in [3.63, 3.8) is 0 Å². The van der Waals surface area contributed by atoms with Crippen molar-refractivity contribution in [3.8, 4) is 0 Å². The second kappa shape index (κ2) is 9.05. The normalized spacial score (nSPS) is 12.2. The highest BCUT2D eigenvalue weighted by atomic mass is 32.2. The maximum atomic E-state index is 15.0. The fraction of sp³-hybridized carbons (Fsp3) is 0. The number of benzene rings is 4. The lowest BCUT2D eigenvalue weighted by molar-refractivity contribution is 0.382. The molecule has 1 nitrogen and oxygen atoms in total. The number of hydrogen-bond acceptors (Lipinski definition) is 2. The van der Waals surface area contributed by atoms with Crippen molar-refractivity contribution in [2.24, 2.45) is 0 Å². The predicted molar refractivity (Wildman–Crippen MR) is 117 cm³/mol. The Balaban J connectivity index is 1.90. The molecular weight excluding hydrogens is 535 g/mol. The SMILES string of the molecule is Fc1c(F)c(F)c(B(c2cccc3c2Nc2ccccc2S3)c2c(F)c(F)c(F)c(F)c2F)c(F)c1F. The van der Waals surface area contributed by atoms with Crippen LogP contribution >= 0.6 is 11.8 Å². The Hall–Kier alpha value is -3.61. The Morgan fingerprint density at radius 2 is 0.919 bits per heavy atom. The minimum absolute atomic E-state index is 0.0934. The molecule has 13 heteroatoms. The zero-order chi connectivity index (χ0) is 26.8. The molecule has 0 saturated heterocycles. The van der Waals surface area contributed by atoms with Gasteiger partial charge in [0.1, 0.15) is 0 Å². The monoisotopic (exact) mass is 543 g/mol. The second-order valence-corrected chi connectivity index (χ2v) is 8.93. The summed E-state index contributed by atoms with van der Waals surface area (Å²) in [5, 5.41) is 2.85. The summed E-state index contributed by atoms with van der Waals surface area (Å²) in [5.41, 5.74) is -3.78. The van der Waals surface area contributed by atoms with Crippen molar-refractivity contribution in [1.82, 2.24) is 0 Å². The van der Waals surface area contributed by atoms with E-state index in [1.807, 2.05) is 0 Å². The molecule has 1 aliphatic rings. The predicted octanol–water partition coefficient (Wildman–Crippen LogP) is 5.80. The first-order valence-electron chi connectivity index (χ1n) is 10.2. The third-order valence-corrected chi connectivity index (χ3v) is 6.94. The van der Waals surface area contributed by atoms with Crippen molar-refractivity contribution in [2.45, 2.75) is 9.79 Å². The Morgan fingerprint density at radius 1 is 0.486 bits per heavy atom. The number of fused-ring (bicyclic) bond motifs is 2. The topological polar surface area (TPSA) is 12.0 Å². The number of rotatable bonds is 3. The van der Waals surface area contributed by atoms with Crippen molar-refractivity contribution in [2.75, 3.05) is 5.32 Å². The molecule has 188 valence electrons. The van der Waals surface area contributed by atoms with E-state index in [1.54, 1.807) is 24.3 Å². The molecule has 5 rings (SSSR count). The largest absolute Gasteiger partial charge is 0.354 e. The maximum Gasteiger partial charge on any atom is 0.259 e. The van der Waals surface area contributed by atoms with Crippen LogP contribution in [0.3, 0.4) is 0 Å². The van der Waals surface area contributed by atoms with E-state index in [1.165, 1.54) is 12.1 Å². The molecule has 0 aromatic heterocycles. The van der Waals surface area contributed by atoms with Crippen LogP contribution in [0, 0.1) is 58.2 Å². The van der Waals surface area contributed by atoms with Gasteiger partial charge in [0.05, 0.1) is 5.69 Å². The number of nitrogens with one attached hydrogen (secondary N) is 1. The van der Waals surface area contributed by atoms with E-state index in [0.29, 0.717) is 10.6 Å². The number of para-hydroxylation sites is 2. The highest BCUT2D eigenvalue weighted by Crippen LogP contribution is 2.43. The average Bonchev–Trinajstić information content (AvgIpc) is 2.90. The Bertz CT molecular complexity index is 1480. The molecule has 1 heterocycles. The van der Waals surface area contributed by atoms with Crippen LogP contribution in [0.15, 0.2) is 52.3 Å². The van der Waals surface area contributed by atoms with Crippen molar-refractivity contribution < 1.29 is 43.9 Å². The van der Waals surface area contributed by atoms with Crippen molar-refractivity contribution in [1.29, 1.82) is 0 Å². The van der Waals surface area contributed by atoms with Gasteiger partial charge in [-0.25, -0.2) is 43.9 Å². The maximum absolute atomic E-state index is 15.0. The van der Waals surface area contributed by atoms with Gasteiger partial charge in [-0.1, -0.05) is 36.0 Å². The lowest BCUT2D eigenvalue weighted by Gasteiger charge is -2.27. The second-order valence-electron chi connectivity index (χ2n) is 7.84. The van der Waals surface area contributed by atoms with Crippen LogP contribution in [0.1, 0.15) is 0 Å². The van der Waals surface area contributed by atoms with E-state index in [4.69, 9.17) is 0 Å². The summed E-state index contributed by atoms with van der Waals surface area (Å²) < 4.78 is 144. The molecule has 0 unspecified atom stereocenters. The molecule has 0 saturated carbocycles. The number of anilines is 2. The smallest absolute Gasteiger partial charge is 0.259 e. The summed E-state index contributed by atoms with van der Waals surface area (Å²) in [5.74, 6) is -24.9. The summed E-state index contributed by atoms with van der Waals surface area (Å²) in [6.45, 7) is -2.65. The van der Waals surface area contributed by atoms with E-state index >= 15 is 0 Å². The first-order chi connectivity index (χ1) is 17.5. The molecule has 0 fully saturated rings.